The first-order valence-corrected chi connectivity index (χ1v) is 10.7. The number of aliphatic hydroxyl groups excluding tert-OH is 2. The van der Waals surface area contributed by atoms with Gasteiger partial charge in [-0.25, -0.2) is 0 Å². The maximum atomic E-state index is 11.8. The van der Waals surface area contributed by atoms with E-state index in [1.807, 2.05) is 13.0 Å². The van der Waals surface area contributed by atoms with Gasteiger partial charge in [0.1, 0.15) is 0 Å². The molecule has 0 aromatic heterocycles. The van der Waals surface area contributed by atoms with Gasteiger partial charge in [0, 0.05) is 6.42 Å². The fourth-order valence-electron chi connectivity index (χ4n) is 2.90. The zero-order valence-corrected chi connectivity index (χ0v) is 19.1. The zero-order valence-electron chi connectivity index (χ0n) is 19.1. The quantitative estimate of drug-likeness (QED) is 0.327. The molecule has 0 heterocycles. The fourth-order valence-corrected chi connectivity index (χ4v) is 2.90. The van der Waals surface area contributed by atoms with Gasteiger partial charge in [-0.2, -0.15) is 0 Å². The highest BCUT2D eigenvalue weighted by Crippen LogP contribution is 2.15. The van der Waals surface area contributed by atoms with Crippen LogP contribution in [0.4, 0.5) is 0 Å². The highest BCUT2D eigenvalue weighted by Gasteiger charge is 2.33. The van der Waals surface area contributed by atoms with E-state index in [9.17, 15) is 9.90 Å². The van der Waals surface area contributed by atoms with Gasteiger partial charge < -0.3 is 15.3 Å². The Morgan fingerprint density at radius 1 is 0.655 bits per heavy atom. The smallest absolute Gasteiger partial charge is 0.169 e. The Hall–Kier alpha value is -1.49. The van der Waals surface area contributed by atoms with Crippen LogP contribution in [0.5, 0.6) is 0 Å². The third-order valence-electron chi connectivity index (χ3n) is 5.06. The van der Waals surface area contributed by atoms with E-state index in [0.29, 0.717) is 6.42 Å². The molecule has 0 aliphatic rings. The minimum atomic E-state index is -2.01. The normalized spacial score (nSPS) is 13.6. The number of allylic oxidation sites excluding steroid dienone is 8. The summed E-state index contributed by atoms with van der Waals surface area (Å²) in [6.07, 6.45) is 15.9. The first-order valence-electron chi connectivity index (χ1n) is 10.7. The van der Waals surface area contributed by atoms with Crippen molar-refractivity contribution >= 4 is 5.78 Å². The molecule has 166 valence electrons. The van der Waals surface area contributed by atoms with Crippen molar-refractivity contribution in [3.05, 3.63) is 46.6 Å². The van der Waals surface area contributed by atoms with Crippen LogP contribution in [0, 0.1) is 0 Å². The summed E-state index contributed by atoms with van der Waals surface area (Å²) in [6, 6.07) is 0. The standard InChI is InChI=1S/C25H42O4/c1-20(2)10-6-11-21(3)12-7-13-22(4)14-8-15-23(5)16-9-17-24(28)25(29,18-26)19-27/h10,12,14,16,26-27,29H,6-9,11,13,15,17-19H2,1-5H3. The Morgan fingerprint density at radius 3 is 1.34 bits per heavy atom. The second kappa shape index (κ2) is 15.4. The number of carbonyl (C=O) groups is 1. The molecule has 0 atom stereocenters. The Bertz CT molecular complexity index is 600. The van der Waals surface area contributed by atoms with Crippen molar-refractivity contribution in [1.29, 1.82) is 0 Å². The molecule has 4 nitrogen and oxygen atoms in total. The van der Waals surface area contributed by atoms with Gasteiger partial charge in [0.15, 0.2) is 11.4 Å². The van der Waals surface area contributed by atoms with E-state index in [2.05, 4.69) is 45.9 Å². The monoisotopic (exact) mass is 406 g/mol. The second-order valence-corrected chi connectivity index (χ2v) is 8.36. The van der Waals surface area contributed by atoms with E-state index in [0.717, 1.165) is 38.5 Å². The van der Waals surface area contributed by atoms with Crippen molar-refractivity contribution in [1.82, 2.24) is 0 Å². The van der Waals surface area contributed by atoms with Crippen molar-refractivity contribution < 1.29 is 20.1 Å². The van der Waals surface area contributed by atoms with Gasteiger partial charge in [0.05, 0.1) is 13.2 Å². The maximum Gasteiger partial charge on any atom is 0.169 e. The minimum Gasteiger partial charge on any atom is -0.393 e. The van der Waals surface area contributed by atoms with Crippen LogP contribution in [0.15, 0.2) is 46.6 Å². The molecule has 0 rings (SSSR count). The van der Waals surface area contributed by atoms with Crippen LogP contribution in [0.1, 0.15) is 86.0 Å². The van der Waals surface area contributed by atoms with Crippen LogP contribution in [0.3, 0.4) is 0 Å². The molecule has 4 heteroatoms. The van der Waals surface area contributed by atoms with Gasteiger partial charge in [0.2, 0.25) is 0 Å². The van der Waals surface area contributed by atoms with Crippen molar-refractivity contribution in [3.63, 3.8) is 0 Å². The number of carbonyl (C=O) groups excluding carboxylic acids is 1. The summed E-state index contributed by atoms with van der Waals surface area (Å²) >= 11 is 0. The lowest BCUT2D eigenvalue weighted by Gasteiger charge is -2.20. The summed E-state index contributed by atoms with van der Waals surface area (Å²) in [6.45, 7) is 9.19. The molecule has 3 N–H and O–H groups in total. The highest BCUT2D eigenvalue weighted by molar-refractivity contribution is 5.87. The van der Waals surface area contributed by atoms with E-state index in [1.165, 1.54) is 22.3 Å². The molecule has 0 saturated heterocycles. The molecule has 0 saturated carbocycles. The van der Waals surface area contributed by atoms with Gasteiger partial charge in [-0.3, -0.25) is 4.79 Å². The summed E-state index contributed by atoms with van der Waals surface area (Å²) in [7, 11) is 0. The highest BCUT2D eigenvalue weighted by atomic mass is 16.4. The van der Waals surface area contributed by atoms with Gasteiger partial charge in [0.25, 0.3) is 0 Å². The average molecular weight is 407 g/mol. The number of aliphatic hydroxyl groups is 3. The molecule has 0 radical (unpaired) electrons. The number of hydrogen-bond donors (Lipinski definition) is 3. The summed E-state index contributed by atoms with van der Waals surface area (Å²) in [5.74, 6) is -0.522. The van der Waals surface area contributed by atoms with Crippen LogP contribution in [-0.4, -0.2) is 39.9 Å². The number of Topliss-reactive ketones (excluding diaryl/α,β-unsaturated/α-hetero) is 1. The average Bonchev–Trinajstić information content (AvgIpc) is 2.66. The Balaban J connectivity index is 4.18. The number of rotatable bonds is 15. The van der Waals surface area contributed by atoms with Crippen molar-refractivity contribution in [2.75, 3.05) is 13.2 Å². The van der Waals surface area contributed by atoms with E-state index < -0.39 is 24.6 Å². The van der Waals surface area contributed by atoms with Gasteiger partial charge in [-0.15, -0.1) is 0 Å². The lowest BCUT2D eigenvalue weighted by Crippen LogP contribution is -2.45. The molecule has 0 amide bonds. The molecule has 0 aromatic rings. The largest absolute Gasteiger partial charge is 0.393 e. The zero-order chi connectivity index (χ0) is 22.3. The number of hydrogen-bond acceptors (Lipinski definition) is 4. The van der Waals surface area contributed by atoms with Crippen LogP contribution < -0.4 is 0 Å². The molecule has 0 bridgehead atoms. The summed E-state index contributed by atoms with van der Waals surface area (Å²) in [5, 5.41) is 27.8. The summed E-state index contributed by atoms with van der Waals surface area (Å²) < 4.78 is 0. The van der Waals surface area contributed by atoms with Crippen LogP contribution >= 0.6 is 0 Å². The fraction of sp³-hybridized carbons (Fsp3) is 0.640. The maximum absolute atomic E-state index is 11.8. The second-order valence-electron chi connectivity index (χ2n) is 8.36. The van der Waals surface area contributed by atoms with Gasteiger partial charge in [-0.05, 0) is 79.6 Å². The van der Waals surface area contributed by atoms with Crippen LogP contribution in [0.2, 0.25) is 0 Å². The molecular formula is C25H42O4. The van der Waals surface area contributed by atoms with Crippen molar-refractivity contribution in [2.24, 2.45) is 0 Å². The molecule has 0 spiro atoms. The lowest BCUT2D eigenvalue weighted by atomic mass is 9.96. The Labute approximate surface area is 177 Å². The molecular weight excluding hydrogens is 364 g/mol. The minimum absolute atomic E-state index is 0.114. The van der Waals surface area contributed by atoms with E-state index in [-0.39, 0.29) is 6.42 Å². The SMILES string of the molecule is CC(C)=CCCC(C)=CCCC(C)=CCCC(C)=CCCC(=O)C(O)(CO)CO. The Kier molecular flexibility index (Phi) is 14.6. The Morgan fingerprint density at radius 2 is 1.00 bits per heavy atom. The summed E-state index contributed by atoms with van der Waals surface area (Å²) in [4.78, 5) is 11.8. The lowest BCUT2D eigenvalue weighted by molar-refractivity contribution is -0.146. The van der Waals surface area contributed by atoms with E-state index in [4.69, 9.17) is 10.2 Å². The first-order chi connectivity index (χ1) is 13.6. The topological polar surface area (TPSA) is 77.8 Å². The van der Waals surface area contributed by atoms with E-state index in [1.54, 1.807) is 0 Å². The third-order valence-corrected chi connectivity index (χ3v) is 5.06. The van der Waals surface area contributed by atoms with Crippen molar-refractivity contribution in [3.8, 4) is 0 Å². The molecule has 0 aliphatic heterocycles. The van der Waals surface area contributed by atoms with Crippen LogP contribution in [0.25, 0.3) is 0 Å². The molecule has 0 aromatic carbocycles. The van der Waals surface area contributed by atoms with Crippen molar-refractivity contribution in [2.45, 2.75) is 91.6 Å². The molecule has 0 fully saturated rings. The summed E-state index contributed by atoms with van der Waals surface area (Å²) in [5.41, 5.74) is 3.42. The predicted octanol–water partition coefficient (Wildman–Crippen LogP) is 5.20. The van der Waals surface area contributed by atoms with Gasteiger partial charge in [-0.1, -0.05) is 46.6 Å². The third kappa shape index (κ3) is 13.4. The predicted molar refractivity (Wildman–Crippen MR) is 122 cm³/mol. The molecule has 0 unspecified atom stereocenters. The van der Waals surface area contributed by atoms with Crippen LogP contribution in [-0.2, 0) is 4.79 Å². The first kappa shape index (κ1) is 27.5. The molecule has 0 aliphatic carbocycles. The van der Waals surface area contributed by atoms with Gasteiger partial charge >= 0.3 is 0 Å². The van der Waals surface area contributed by atoms with E-state index >= 15 is 0 Å². The molecule has 29 heavy (non-hydrogen) atoms. The number of ketones is 1.